The highest BCUT2D eigenvalue weighted by molar-refractivity contribution is 6.08. The van der Waals surface area contributed by atoms with Crippen molar-refractivity contribution in [1.82, 2.24) is 4.90 Å². The zero-order chi connectivity index (χ0) is 15.1. The van der Waals surface area contributed by atoms with Crippen molar-refractivity contribution in [3.8, 4) is 0 Å². The van der Waals surface area contributed by atoms with Crippen LogP contribution in [0.1, 0.15) is 44.6 Å². The van der Waals surface area contributed by atoms with Crippen LogP contribution in [0.2, 0.25) is 0 Å². The van der Waals surface area contributed by atoms with Gasteiger partial charge >= 0.3 is 0 Å². The summed E-state index contributed by atoms with van der Waals surface area (Å²) in [6.07, 6.45) is 3.45. The topological polar surface area (TPSA) is 57.6 Å². The predicted octanol–water partition coefficient (Wildman–Crippen LogP) is 2.01. The number of nitrogens with zero attached hydrogens (tertiary/aromatic N) is 1. The van der Waals surface area contributed by atoms with E-state index in [1.165, 1.54) is 4.90 Å². The van der Waals surface area contributed by atoms with Crippen molar-refractivity contribution in [2.75, 3.05) is 6.54 Å². The molecule has 2 fully saturated rings. The summed E-state index contributed by atoms with van der Waals surface area (Å²) < 4.78 is 0. The minimum atomic E-state index is -0.882. The number of hydrogen-bond donors (Lipinski definition) is 1. The van der Waals surface area contributed by atoms with E-state index in [1.807, 2.05) is 37.3 Å². The lowest BCUT2D eigenvalue weighted by atomic mass is 9.81. The maximum absolute atomic E-state index is 12.8. The van der Waals surface area contributed by atoms with Crippen LogP contribution in [-0.4, -0.2) is 34.0 Å². The third-order valence-corrected chi connectivity index (χ3v) is 4.92. The molecule has 4 nitrogen and oxygen atoms in total. The van der Waals surface area contributed by atoms with Crippen LogP contribution in [0.5, 0.6) is 0 Å². The lowest BCUT2D eigenvalue weighted by Crippen LogP contribution is -2.46. The van der Waals surface area contributed by atoms with E-state index in [9.17, 15) is 14.7 Å². The molecule has 4 heteroatoms. The van der Waals surface area contributed by atoms with Crippen molar-refractivity contribution < 1.29 is 14.7 Å². The van der Waals surface area contributed by atoms with E-state index in [1.54, 1.807) is 0 Å². The number of carbonyl (C=O) groups excluding carboxylic acids is 2. The van der Waals surface area contributed by atoms with Crippen molar-refractivity contribution in [2.45, 2.75) is 50.0 Å². The first-order chi connectivity index (χ1) is 9.95. The third kappa shape index (κ3) is 2.38. The molecule has 1 N–H and O–H groups in total. The minimum absolute atomic E-state index is 0.146. The Balaban J connectivity index is 1.85. The Labute approximate surface area is 124 Å². The molecular formula is C17H21NO3. The number of hydrogen-bond acceptors (Lipinski definition) is 3. The predicted molar refractivity (Wildman–Crippen MR) is 78.5 cm³/mol. The van der Waals surface area contributed by atoms with Crippen molar-refractivity contribution in [3.05, 3.63) is 35.9 Å². The van der Waals surface area contributed by atoms with E-state index in [2.05, 4.69) is 0 Å². The van der Waals surface area contributed by atoms with Gasteiger partial charge in [0.1, 0.15) is 0 Å². The van der Waals surface area contributed by atoms with Gasteiger partial charge in [0.2, 0.25) is 11.8 Å². The molecule has 1 aliphatic heterocycles. The molecule has 1 saturated carbocycles. The molecule has 21 heavy (non-hydrogen) atoms. The molecule has 0 spiro atoms. The number of likely N-dealkylation sites (tertiary alicyclic amines) is 1. The molecule has 1 aromatic carbocycles. The van der Waals surface area contributed by atoms with Crippen molar-refractivity contribution in [2.24, 2.45) is 0 Å². The Hall–Kier alpha value is -1.68. The summed E-state index contributed by atoms with van der Waals surface area (Å²) >= 11 is 0. The number of imide groups is 1. The summed E-state index contributed by atoms with van der Waals surface area (Å²) in [5, 5.41) is 10.5. The maximum Gasteiger partial charge on any atom is 0.240 e. The van der Waals surface area contributed by atoms with Crippen molar-refractivity contribution in [3.63, 3.8) is 0 Å². The first-order valence-corrected chi connectivity index (χ1v) is 7.57. The molecule has 1 unspecified atom stereocenters. The Morgan fingerprint density at radius 2 is 1.76 bits per heavy atom. The van der Waals surface area contributed by atoms with Crippen LogP contribution >= 0.6 is 0 Å². The second kappa shape index (κ2) is 4.95. The van der Waals surface area contributed by atoms with Crippen LogP contribution in [0.25, 0.3) is 0 Å². The van der Waals surface area contributed by atoms with Crippen LogP contribution in [0.15, 0.2) is 30.3 Å². The second-order valence-electron chi connectivity index (χ2n) is 6.59. The van der Waals surface area contributed by atoms with E-state index in [0.29, 0.717) is 12.8 Å². The van der Waals surface area contributed by atoms with E-state index in [0.717, 1.165) is 18.4 Å². The highest BCUT2D eigenvalue weighted by atomic mass is 16.3. The fraction of sp³-hybridized carbons (Fsp3) is 0.529. The number of aliphatic hydroxyl groups is 1. The molecule has 1 heterocycles. The normalized spacial score (nSPS) is 28.4. The standard InChI is InChI=1S/C17H21NO3/c1-16(13-7-3-2-4-8-13)11-14(19)18(15(16)20)12-17(21)9-5-6-10-17/h2-4,7-8,21H,5-6,9-12H2,1H3. The molecule has 0 aromatic heterocycles. The second-order valence-corrected chi connectivity index (χ2v) is 6.59. The molecule has 3 rings (SSSR count). The Morgan fingerprint density at radius 3 is 2.38 bits per heavy atom. The van der Waals surface area contributed by atoms with Crippen LogP contribution in [0.4, 0.5) is 0 Å². The van der Waals surface area contributed by atoms with E-state index >= 15 is 0 Å². The fourth-order valence-corrected chi connectivity index (χ4v) is 3.56. The van der Waals surface area contributed by atoms with Gasteiger partial charge in [-0.3, -0.25) is 14.5 Å². The van der Waals surface area contributed by atoms with Gasteiger partial charge in [0.25, 0.3) is 0 Å². The molecule has 1 atom stereocenters. The number of carbonyl (C=O) groups is 2. The first-order valence-electron chi connectivity index (χ1n) is 7.57. The van der Waals surface area contributed by atoms with Gasteiger partial charge in [-0.25, -0.2) is 0 Å². The molecule has 1 aromatic rings. The van der Waals surface area contributed by atoms with Crippen LogP contribution in [-0.2, 0) is 15.0 Å². The zero-order valence-corrected chi connectivity index (χ0v) is 12.3. The number of β-amino-alcohol motifs (C(OH)–C–C–N with tert-alkyl or cyclic N) is 1. The largest absolute Gasteiger partial charge is 0.388 e. The lowest BCUT2D eigenvalue weighted by Gasteiger charge is -2.29. The van der Waals surface area contributed by atoms with Crippen LogP contribution in [0, 0.1) is 0 Å². The first kappa shape index (κ1) is 14.3. The quantitative estimate of drug-likeness (QED) is 0.865. The van der Waals surface area contributed by atoms with E-state index in [4.69, 9.17) is 0 Å². The molecule has 0 radical (unpaired) electrons. The van der Waals surface area contributed by atoms with Gasteiger partial charge in [-0.05, 0) is 25.3 Å². The van der Waals surface area contributed by atoms with Crippen molar-refractivity contribution in [1.29, 1.82) is 0 Å². The lowest BCUT2D eigenvalue weighted by molar-refractivity contribution is -0.143. The number of benzene rings is 1. The van der Waals surface area contributed by atoms with Gasteiger partial charge in [0.05, 0.1) is 17.6 Å². The Kier molecular flexibility index (Phi) is 3.36. The molecular weight excluding hydrogens is 266 g/mol. The monoisotopic (exact) mass is 287 g/mol. The molecule has 1 aliphatic carbocycles. The minimum Gasteiger partial charge on any atom is -0.388 e. The van der Waals surface area contributed by atoms with E-state index in [-0.39, 0.29) is 24.8 Å². The fourth-order valence-electron chi connectivity index (χ4n) is 3.56. The molecule has 112 valence electrons. The van der Waals surface area contributed by atoms with Gasteiger partial charge in [-0.15, -0.1) is 0 Å². The summed E-state index contributed by atoms with van der Waals surface area (Å²) in [5.74, 6) is -0.356. The Morgan fingerprint density at radius 1 is 1.14 bits per heavy atom. The SMILES string of the molecule is CC1(c2ccccc2)CC(=O)N(CC2(O)CCCC2)C1=O. The molecule has 0 bridgehead atoms. The van der Waals surface area contributed by atoms with Crippen LogP contribution in [0.3, 0.4) is 0 Å². The summed E-state index contributed by atoms with van der Waals surface area (Å²) in [7, 11) is 0. The summed E-state index contributed by atoms with van der Waals surface area (Å²) in [6, 6.07) is 9.43. The number of amides is 2. The van der Waals surface area contributed by atoms with Gasteiger partial charge in [-0.2, -0.15) is 0 Å². The van der Waals surface area contributed by atoms with Gasteiger partial charge < -0.3 is 5.11 Å². The van der Waals surface area contributed by atoms with Gasteiger partial charge in [0, 0.05) is 6.42 Å². The highest BCUT2D eigenvalue weighted by Gasteiger charge is 2.51. The highest BCUT2D eigenvalue weighted by Crippen LogP contribution is 2.38. The zero-order valence-electron chi connectivity index (χ0n) is 12.3. The summed E-state index contributed by atoms with van der Waals surface area (Å²) in [4.78, 5) is 26.3. The molecule has 2 amide bonds. The summed E-state index contributed by atoms with van der Waals surface area (Å²) in [5.41, 5.74) is -0.815. The third-order valence-electron chi connectivity index (χ3n) is 4.92. The average molecular weight is 287 g/mol. The number of rotatable bonds is 3. The molecule has 2 aliphatic rings. The average Bonchev–Trinajstić information content (AvgIpc) is 2.99. The maximum atomic E-state index is 12.8. The van der Waals surface area contributed by atoms with Crippen molar-refractivity contribution >= 4 is 11.8 Å². The summed E-state index contributed by atoms with van der Waals surface area (Å²) in [6.45, 7) is 1.97. The molecule has 1 saturated heterocycles. The van der Waals surface area contributed by atoms with Crippen LogP contribution < -0.4 is 0 Å². The smallest absolute Gasteiger partial charge is 0.240 e. The Bertz CT molecular complexity index is 563. The van der Waals surface area contributed by atoms with Gasteiger partial charge in [0.15, 0.2) is 0 Å². The van der Waals surface area contributed by atoms with E-state index < -0.39 is 11.0 Å². The van der Waals surface area contributed by atoms with Gasteiger partial charge in [-0.1, -0.05) is 43.2 Å².